The Hall–Kier alpha value is -2.69. The minimum Gasteiger partial charge on any atom is -0.497 e. The van der Waals surface area contributed by atoms with Gasteiger partial charge < -0.3 is 9.64 Å². The maximum absolute atomic E-state index is 12.9. The van der Waals surface area contributed by atoms with Gasteiger partial charge in [-0.25, -0.2) is 4.39 Å². The van der Waals surface area contributed by atoms with Crippen LogP contribution in [-0.4, -0.2) is 18.8 Å². The van der Waals surface area contributed by atoms with E-state index in [1.54, 1.807) is 30.3 Å². The SMILES string of the molecule is COc1ccc2c(c1)C(=O)C(=O)N2Cc1ccc(F)cc1. The van der Waals surface area contributed by atoms with Gasteiger partial charge in [-0.2, -0.15) is 0 Å². The molecule has 1 heterocycles. The van der Waals surface area contributed by atoms with Crippen LogP contribution >= 0.6 is 0 Å². The predicted octanol–water partition coefficient (Wildman–Crippen LogP) is 2.56. The van der Waals surface area contributed by atoms with Crippen molar-refractivity contribution < 1.29 is 18.7 Å². The molecule has 5 heteroatoms. The summed E-state index contributed by atoms with van der Waals surface area (Å²) in [6, 6.07) is 10.8. The van der Waals surface area contributed by atoms with Crippen LogP contribution in [0.1, 0.15) is 15.9 Å². The van der Waals surface area contributed by atoms with Crippen LogP contribution in [0, 0.1) is 5.82 Å². The molecule has 0 fully saturated rings. The highest BCUT2D eigenvalue weighted by Crippen LogP contribution is 2.33. The molecule has 21 heavy (non-hydrogen) atoms. The maximum Gasteiger partial charge on any atom is 0.299 e. The summed E-state index contributed by atoms with van der Waals surface area (Å²) >= 11 is 0. The quantitative estimate of drug-likeness (QED) is 0.814. The largest absolute Gasteiger partial charge is 0.497 e. The topological polar surface area (TPSA) is 46.6 Å². The lowest BCUT2D eigenvalue weighted by atomic mass is 10.1. The van der Waals surface area contributed by atoms with E-state index in [1.165, 1.54) is 24.1 Å². The van der Waals surface area contributed by atoms with Crippen LogP contribution < -0.4 is 9.64 Å². The molecule has 2 aromatic carbocycles. The molecule has 4 nitrogen and oxygen atoms in total. The summed E-state index contributed by atoms with van der Waals surface area (Å²) in [6.07, 6.45) is 0. The molecule has 0 saturated heterocycles. The Balaban J connectivity index is 1.96. The van der Waals surface area contributed by atoms with E-state index in [0.29, 0.717) is 17.0 Å². The van der Waals surface area contributed by atoms with Crippen molar-refractivity contribution in [3.8, 4) is 5.75 Å². The number of methoxy groups -OCH3 is 1. The first kappa shape index (κ1) is 13.3. The zero-order valence-corrected chi connectivity index (χ0v) is 11.3. The van der Waals surface area contributed by atoms with Gasteiger partial charge in [0.15, 0.2) is 0 Å². The lowest BCUT2D eigenvalue weighted by Gasteiger charge is -2.16. The molecule has 106 valence electrons. The fraction of sp³-hybridized carbons (Fsp3) is 0.125. The summed E-state index contributed by atoms with van der Waals surface area (Å²) in [7, 11) is 1.50. The molecule has 0 unspecified atom stereocenters. The van der Waals surface area contributed by atoms with E-state index < -0.39 is 11.7 Å². The fourth-order valence-corrected chi connectivity index (χ4v) is 2.34. The highest BCUT2D eigenvalue weighted by atomic mass is 19.1. The molecule has 0 spiro atoms. The lowest BCUT2D eigenvalue weighted by Crippen LogP contribution is -2.29. The minimum absolute atomic E-state index is 0.226. The number of rotatable bonds is 3. The van der Waals surface area contributed by atoms with Gasteiger partial charge in [0, 0.05) is 0 Å². The van der Waals surface area contributed by atoms with Crippen LogP contribution in [0.15, 0.2) is 42.5 Å². The molecule has 1 aliphatic rings. The van der Waals surface area contributed by atoms with Gasteiger partial charge in [0.05, 0.1) is 24.9 Å². The highest BCUT2D eigenvalue weighted by molar-refractivity contribution is 6.52. The second-order valence-corrected chi connectivity index (χ2v) is 4.73. The van der Waals surface area contributed by atoms with Crippen LogP contribution in [0.5, 0.6) is 5.75 Å². The lowest BCUT2D eigenvalue weighted by molar-refractivity contribution is -0.114. The van der Waals surface area contributed by atoms with Gasteiger partial charge in [-0.1, -0.05) is 12.1 Å². The van der Waals surface area contributed by atoms with Gasteiger partial charge in [-0.05, 0) is 35.9 Å². The summed E-state index contributed by atoms with van der Waals surface area (Å²) in [4.78, 5) is 25.5. The Morgan fingerprint density at radius 2 is 1.81 bits per heavy atom. The van der Waals surface area contributed by atoms with Crippen LogP contribution in [-0.2, 0) is 11.3 Å². The van der Waals surface area contributed by atoms with Gasteiger partial charge in [-0.3, -0.25) is 9.59 Å². The Bertz CT molecular complexity index is 725. The molecule has 1 amide bonds. The third-order valence-corrected chi connectivity index (χ3v) is 3.43. The molecule has 0 bridgehead atoms. The number of hydrogen-bond donors (Lipinski definition) is 0. The Morgan fingerprint density at radius 1 is 1.10 bits per heavy atom. The summed E-state index contributed by atoms with van der Waals surface area (Å²) in [5.41, 5.74) is 1.64. The standard InChI is InChI=1S/C16H12FNO3/c1-21-12-6-7-14-13(8-12)15(19)16(20)18(14)9-10-2-4-11(17)5-3-10/h2-8H,9H2,1H3. The zero-order chi connectivity index (χ0) is 15.0. The first-order valence-corrected chi connectivity index (χ1v) is 6.39. The monoisotopic (exact) mass is 285 g/mol. The molecule has 1 aliphatic heterocycles. The molecule has 0 N–H and O–H groups in total. The van der Waals surface area contributed by atoms with E-state index in [2.05, 4.69) is 0 Å². The van der Waals surface area contributed by atoms with E-state index in [4.69, 9.17) is 4.74 Å². The summed E-state index contributed by atoms with van der Waals surface area (Å²) < 4.78 is 18.0. The van der Waals surface area contributed by atoms with Gasteiger partial charge in [0.2, 0.25) is 0 Å². The van der Waals surface area contributed by atoms with E-state index in [0.717, 1.165) is 5.56 Å². The van der Waals surface area contributed by atoms with Crippen LogP contribution in [0.25, 0.3) is 0 Å². The number of amides is 1. The van der Waals surface area contributed by atoms with Crippen molar-refractivity contribution in [2.75, 3.05) is 12.0 Å². The summed E-state index contributed by atoms with van der Waals surface area (Å²) in [5, 5.41) is 0. The number of fused-ring (bicyclic) bond motifs is 1. The number of carbonyl (C=O) groups is 2. The molecular formula is C16H12FNO3. The molecule has 0 aromatic heterocycles. The van der Waals surface area contributed by atoms with Crippen molar-refractivity contribution in [3.63, 3.8) is 0 Å². The predicted molar refractivity (Wildman–Crippen MR) is 74.9 cm³/mol. The number of benzene rings is 2. The number of carbonyl (C=O) groups excluding carboxylic acids is 2. The van der Waals surface area contributed by atoms with E-state index in [-0.39, 0.29) is 12.4 Å². The van der Waals surface area contributed by atoms with Gasteiger partial charge in [0.25, 0.3) is 11.7 Å². The molecule has 3 rings (SSSR count). The molecule has 0 atom stereocenters. The number of ether oxygens (including phenoxy) is 1. The van der Waals surface area contributed by atoms with Crippen molar-refractivity contribution >= 4 is 17.4 Å². The molecule has 0 radical (unpaired) electrons. The van der Waals surface area contributed by atoms with Crippen LogP contribution in [0.2, 0.25) is 0 Å². The number of nitrogens with zero attached hydrogens (tertiary/aromatic N) is 1. The zero-order valence-electron chi connectivity index (χ0n) is 11.3. The minimum atomic E-state index is -0.581. The average Bonchev–Trinajstić information content (AvgIpc) is 2.74. The number of anilines is 1. The van der Waals surface area contributed by atoms with E-state index in [9.17, 15) is 14.0 Å². The van der Waals surface area contributed by atoms with Crippen molar-refractivity contribution in [2.45, 2.75) is 6.54 Å². The number of ketones is 1. The number of Topliss-reactive ketones (excluding diaryl/α,β-unsaturated/α-hetero) is 1. The summed E-state index contributed by atoms with van der Waals surface area (Å²) in [5.74, 6) is -0.945. The highest BCUT2D eigenvalue weighted by Gasteiger charge is 2.35. The Kier molecular flexibility index (Phi) is 3.17. The number of hydrogen-bond acceptors (Lipinski definition) is 3. The van der Waals surface area contributed by atoms with Crippen LogP contribution in [0.4, 0.5) is 10.1 Å². The Morgan fingerprint density at radius 3 is 2.48 bits per heavy atom. The third kappa shape index (κ3) is 2.27. The molecule has 0 aliphatic carbocycles. The fourth-order valence-electron chi connectivity index (χ4n) is 2.34. The smallest absolute Gasteiger partial charge is 0.299 e. The van der Waals surface area contributed by atoms with Gasteiger partial charge in [0.1, 0.15) is 11.6 Å². The normalized spacial score (nSPS) is 13.5. The van der Waals surface area contributed by atoms with Gasteiger partial charge >= 0.3 is 0 Å². The van der Waals surface area contributed by atoms with Crippen molar-refractivity contribution in [1.29, 1.82) is 0 Å². The first-order chi connectivity index (χ1) is 10.1. The van der Waals surface area contributed by atoms with Gasteiger partial charge in [-0.15, -0.1) is 0 Å². The number of halogens is 1. The van der Waals surface area contributed by atoms with E-state index in [1.807, 2.05) is 0 Å². The molecule has 2 aromatic rings. The average molecular weight is 285 g/mol. The second kappa shape index (κ2) is 5.01. The second-order valence-electron chi connectivity index (χ2n) is 4.73. The van der Waals surface area contributed by atoms with Crippen LogP contribution in [0.3, 0.4) is 0 Å². The maximum atomic E-state index is 12.9. The first-order valence-electron chi connectivity index (χ1n) is 6.39. The Labute approximate surface area is 120 Å². The van der Waals surface area contributed by atoms with Crippen molar-refractivity contribution in [2.24, 2.45) is 0 Å². The third-order valence-electron chi connectivity index (χ3n) is 3.43. The van der Waals surface area contributed by atoms with Crippen molar-refractivity contribution in [3.05, 3.63) is 59.4 Å². The molecule has 0 saturated carbocycles. The van der Waals surface area contributed by atoms with E-state index >= 15 is 0 Å². The van der Waals surface area contributed by atoms with Crippen molar-refractivity contribution in [1.82, 2.24) is 0 Å². The summed E-state index contributed by atoms with van der Waals surface area (Å²) in [6.45, 7) is 0.226. The molecular weight excluding hydrogens is 273 g/mol.